The molecule has 18 heavy (non-hydrogen) atoms. The van der Waals surface area contributed by atoms with E-state index >= 15 is 0 Å². The topological polar surface area (TPSA) is 79.5 Å². The molecule has 0 aromatic carbocycles. The third-order valence-electron chi connectivity index (χ3n) is 3.21. The Hall–Kier alpha value is -0.860. The van der Waals surface area contributed by atoms with E-state index in [0.717, 1.165) is 19.5 Å². The van der Waals surface area contributed by atoms with Gasteiger partial charge in [0.05, 0.1) is 0 Å². The van der Waals surface area contributed by atoms with E-state index in [1.54, 1.807) is 0 Å². The Morgan fingerprint density at radius 1 is 1.50 bits per heavy atom. The van der Waals surface area contributed by atoms with Crippen LogP contribution in [0, 0.1) is 0 Å². The average molecular weight is 290 g/mol. The van der Waals surface area contributed by atoms with Crippen LogP contribution in [0.2, 0.25) is 0 Å². The largest absolute Gasteiger partial charge is 0.382 e. The summed E-state index contributed by atoms with van der Waals surface area (Å²) in [6, 6.07) is 0.445. The van der Waals surface area contributed by atoms with Gasteiger partial charge in [-0.05, 0) is 32.0 Å². The zero-order valence-corrected chi connectivity index (χ0v) is 12.4. The van der Waals surface area contributed by atoms with Crippen LogP contribution in [0.25, 0.3) is 0 Å². The number of aromatic nitrogens is 1. The highest BCUT2D eigenvalue weighted by atomic mass is 32.2. The molecule has 1 aromatic heterocycles. The first kappa shape index (κ1) is 13.6. The zero-order valence-electron chi connectivity index (χ0n) is 10.8. The van der Waals surface area contributed by atoms with Crippen LogP contribution < -0.4 is 10.6 Å². The lowest BCUT2D eigenvalue weighted by molar-refractivity contribution is 0.315. The Kier molecular flexibility index (Phi) is 3.52. The molecule has 1 saturated heterocycles. The second kappa shape index (κ2) is 4.67. The maximum atomic E-state index is 11.8. The maximum Gasteiger partial charge on any atom is 0.182 e. The van der Waals surface area contributed by atoms with Gasteiger partial charge in [0.2, 0.25) is 0 Å². The number of nitrogens with zero attached hydrogens (tertiary/aromatic N) is 3. The molecule has 102 valence electrons. The third kappa shape index (κ3) is 2.45. The van der Waals surface area contributed by atoms with Crippen LogP contribution in [0.15, 0.2) is 4.90 Å². The fraction of sp³-hybridized carbons (Fsp3) is 0.700. The van der Waals surface area contributed by atoms with Crippen LogP contribution in [0.5, 0.6) is 0 Å². The molecule has 1 fully saturated rings. The van der Waals surface area contributed by atoms with Crippen LogP contribution in [-0.2, 0) is 9.84 Å². The summed E-state index contributed by atoms with van der Waals surface area (Å²) in [7, 11) is 0.740. The van der Waals surface area contributed by atoms with E-state index in [9.17, 15) is 8.42 Å². The van der Waals surface area contributed by atoms with Gasteiger partial charge in [-0.2, -0.15) is 4.37 Å². The number of likely N-dealkylation sites (N-methyl/N-ethyl adjacent to an activating group) is 1. The number of anilines is 2. The molecule has 0 aliphatic carbocycles. The van der Waals surface area contributed by atoms with Gasteiger partial charge in [0.1, 0.15) is 9.90 Å². The number of rotatable bonds is 3. The van der Waals surface area contributed by atoms with Crippen molar-refractivity contribution in [1.29, 1.82) is 0 Å². The summed E-state index contributed by atoms with van der Waals surface area (Å²) in [6.07, 6.45) is 2.20. The van der Waals surface area contributed by atoms with Crippen LogP contribution in [-0.4, -0.2) is 57.2 Å². The summed E-state index contributed by atoms with van der Waals surface area (Å²) in [5, 5.41) is 0.680. The summed E-state index contributed by atoms with van der Waals surface area (Å²) in [4.78, 5) is 4.41. The van der Waals surface area contributed by atoms with Crippen molar-refractivity contribution in [2.24, 2.45) is 0 Å². The summed E-state index contributed by atoms with van der Waals surface area (Å²) in [6.45, 7) is 1.66. The van der Waals surface area contributed by atoms with E-state index in [-0.39, 0.29) is 10.7 Å². The second-order valence-corrected chi connectivity index (χ2v) is 7.53. The van der Waals surface area contributed by atoms with Gasteiger partial charge in [0.15, 0.2) is 15.7 Å². The van der Waals surface area contributed by atoms with Gasteiger partial charge in [-0.1, -0.05) is 0 Å². The third-order valence-corrected chi connectivity index (χ3v) is 5.41. The van der Waals surface area contributed by atoms with Crippen molar-refractivity contribution in [2.75, 3.05) is 44.1 Å². The van der Waals surface area contributed by atoms with Crippen molar-refractivity contribution in [3.8, 4) is 0 Å². The van der Waals surface area contributed by atoms with Gasteiger partial charge >= 0.3 is 0 Å². The number of hydrogen-bond donors (Lipinski definition) is 1. The first-order valence-electron chi connectivity index (χ1n) is 5.67. The summed E-state index contributed by atoms with van der Waals surface area (Å²) in [5.41, 5.74) is 5.67. The van der Waals surface area contributed by atoms with Crippen molar-refractivity contribution >= 4 is 32.2 Å². The molecule has 1 aromatic rings. The molecular weight excluding hydrogens is 272 g/mol. The first-order chi connectivity index (χ1) is 8.30. The van der Waals surface area contributed by atoms with Crippen LogP contribution >= 0.6 is 11.5 Å². The van der Waals surface area contributed by atoms with Gasteiger partial charge in [-0.3, -0.25) is 0 Å². The lowest BCUT2D eigenvalue weighted by Crippen LogP contribution is -2.31. The van der Waals surface area contributed by atoms with Crippen molar-refractivity contribution in [2.45, 2.75) is 17.4 Å². The zero-order chi connectivity index (χ0) is 13.5. The van der Waals surface area contributed by atoms with Crippen LogP contribution in [0.3, 0.4) is 0 Å². The second-order valence-electron chi connectivity index (χ2n) is 4.83. The molecule has 2 rings (SSSR count). The van der Waals surface area contributed by atoms with E-state index in [1.807, 2.05) is 14.1 Å². The first-order valence-corrected chi connectivity index (χ1v) is 8.33. The Labute approximate surface area is 111 Å². The normalized spacial score (nSPS) is 20.9. The fourth-order valence-corrected chi connectivity index (χ4v) is 4.42. The molecular formula is C10H18N4O2S2. The maximum absolute atomic E-state index is 11.8. The highest BCUT2D eigenvalue weighted by Crippen LogP contribution is 2.36. The lowest BCUT2D eigenvalue weighted by Gasteiger charge is -2.21. The molecule has 1 aliphatic heterocycles. The molecule has 0 bridgehead atoms. The molecule has 8 heteroatoms. The SMILES string of the molecule is CN(C)C1CCN(c2snc(N)c2S(C)(=O)=O)C1. The number of hydrogen-bond acceptors (Lipinski definition) is 7. The van der Waals surface area contributed by atoms with Crippen molar-refractivity contribution in [3.63, 3.8) is 0 Å². The summed E-state index contributed by atoms with van der Waals surface area (Å²) in [5.74, 6) is 0.116. The molecule has 1 unspecified atom stereocenters. The lowest BCUT2D eigenvalue weighted by atomic mass is 10.2. The predicted molar refractivity (Wildman–Crippen MR) is 73.9 cm³/mol. The Bertz CT molecular complexity index is 538. The Balaban J connectivity index is 2.31. The van der Waals surface area contributed by atoms with Crippen molar-refractivity contribution in [3.05, 3.63) is 0 Å². The standard InChI is InChI=1S/C10H18N4O2S2/c1-13(2)7-4-5-14(6-7)10-8(18(3,15)16)9(11)12-17-10/h7H,4-6H2,1-3H3,(H2,11,12). The monoisotopic (exact) mass is 290 g/mol. The number of nitrogens with two attached hydrogens (primary N) is 1. The number of sulfone groups is 1. The summed E-state index contributed by atoms with van der Waals surface area (Å²) >= 11 is 1.17. The fourth-order valence-electron chi connectivity index (χ4n) is 2.18. The Morgan fingerprint density at radius 2 is 2.17 bits per heavy atom. The Morgan fingerprint density at radius 3 is 2.67 bits per heavy atom. The highest BCUT2D eigenvalue weighted by Gasteiger charge is 2.31. The van der Waals surface area contributed by atoms with E-state index in [1.165, 1.54) is 17.8 Å². The predicted octanol–water partition coefficient (Wildman–Crippen LogP) is 0.269. The van der Waals surface area contributed by atoms with Gasteiger partial charge in [0.25, 0.3) is 0 Å². The molecule has 2 heterocycles. The smallest absolute Gasteiger partial charge is 0.182 e. The molecule has 1 atom stereocenters. The minimum atomic E-state index is -3.33. The van der Waals surface area contributed by atoms with Gasteiger partial charge in [-0.15, -0.1) is 0 Å². The highest BCUT2D eigenvalue weighted by molar-refractivity contribution is 7.91. The minimum absolute atomic E-state index is 0.116. The van der Waals surface area contributed by atoms with Crippen molar-refractivity contribution in [1.82, 2.24) is 9.27 Å². The van der Waals surface area contributed by atoms with E-state index < -0.39 is 9.84 Å². The quantitative estimate of drug-likeness (QED) is 0.861. The van der Waals surface area contributed by atoms with Crippen molar-refractivity contribution < 1.29 is 8.42 Å². The molecule has 0 saturated carbocycles. The molecule has 0 radical (unpaired) electrons. The van der Waals surface area contributed by atoms with Gasteiger partial charge in [0, 0.05) is 25.4 Å². The van der Waals surface area contributed by atoms with E-state index in [0.29, 0.717) is 11.0 Å². The van der Waals surface area contributed by atoms with E-state index in [4.69, 9.17) is 5.73 Å². The van der Waals surface area contributed by atoms with Crippen LogP contribution in [0.1, 0.15) is 6.42 Å². The molecule has 0 amide bonds. The van der Waals surface area contributed by atoms with E-state index in [2.05, 4.69) is 14.2 Å². The average Bonchev–Trinajstić information content (AvgIpc) is 2.81. The number of nitrogen functional groups attached to an aromatic ring is 1. The minimum Gasteiger partial charge on any atom is -0.382 e. The van der Waals surface area contributed by atoms with Crippen LogP contribution in [0.4, 0.5) is 10.8 Å². The molecule has 6 nitrogen and oxygen atoms in total. The molecule has 0 spiro atoms. The molecule has 1 aliphatic rings. The van der Waals surface area contributed by atoms with Gasteiger partial charge in [-0.25, -0.2) is 8.42 Å². The molecule has 2 N–H and O–H groups in total. The summed E-state index contributed by atoms with van der Waals surface area (Å²) < 4.78 is 27.5. The van der Waals surface area contributed by atoms with Gasteiger partial charge < -0.3 is 15.5 Å².